The summed E-state index contributed by atoms with van der Waals surface area (Å²) < 4.78 is 0. The van der Waals surface area contributed by atoms with Crippen LogP contribution >= 0.6 is 7.14 Å². The Labute approximate surface area is 71.3 Å². The van der Waals surface area contributed by atoms with Crippen LogP contribution in [0.4, 0.5) is 0 Å². The van der Waals surface area contributed by atoms with E-state index in [1.165, 1.54) is 0 Å². The smallest absolute Gasteiger partial charge is 0.203 e. The summed E-state index contributed by atoms with van der Waals surface area (Å²) in [6.45, 7) is 18.4. The minimum atomic E-state index is -0.948. The van der Waals surface area contributed by atoms with Crippen molar-refractivity contribution in [3.8, 4) is 0 Å². The van der Waals surface area contributed by atoms with Crippen molar-refractivity contribution in [2.75, 3.05) is 20.0 Å². The van der Waals surface area contributed by atoms with Gasteiger partial charge in [0.05, 0.1) is 0 Å². The zero-order chi connectivity index (χ0) is 9.12. The van der Waals surface area contributed by atoms with Gasteiger partial charge in [0.2, 0.25) is 5.87 Å². The average Bonchev–Trinajstić information content (AvgIpc) is 1.90. The van der Waals surface area contributed by atoms with E-state index >= 15 is 0 Å². The van der Waals surface area contributed by atoms with E-state index in [-0.39, 0.29) is 0 Å². The fourth-order valence-electron chi connectivity index (χ4n) is 1.24. The molecule has 0 atom stereocenters. The molecule has 0 N–H and O–H groups in total. The second-order valence-electron chi connectivity index (χ2n) is 3.85. The van der Waals surface area contributed by atoms with E-state index in [1.807, 2.05) is 17.9 Å². The molecule has 0 heterocycles. The molecule has 0 radical (unpaired) electrons. The van der Waals surface area contributed by atoms with Gasteiger partial charge in [-0.05, 0) is 0 Å². The summed E-state index contributed by atoms with van der Waals surface area (Å²) in [5.41, 5.74) is 0. The lowest BCUT2D eigenvalue weighted by Gasteiger charge is -2.37. The van der Waals surface area contributed by atoms with Crippen LogP contribution in [0.3, 0.4) is 0 Å². The first kappa shape index (κ1) is 10.7. The molecule has 0 spiro atoms. The molecule has 62 valence electrons. The largest absolute Gasteiger partial charge is 0.223 e. The fourth-order valence-corrected chi connectivity index (χ4v) is 3.13. The van der Waals surface area contributed by atoms with E-state index in [0.29, 0.717) is 0 Å². The molecule has 0 aromatic heterocycles. The van der Waals surface area contributed by atoms with Crippen molar-refractivity contribution in [2.45, 2.75) is 0 Å². The minimum Gasteiger partial charge on any atom is -0.203 e. The zero-order valence-electron chi connectivity index (χ0n) is 7.88. The van der Waals surface area contributed by atoms with Crippen LogP contribution in [0.15, 0.2) is 37.7 Å². The van der Waals surface area contributed by atoms with Crippen LogP contribution in [0.5, 0.6) is 0 Å². The molecule has 0 aliphatic rings. The summed E-state index contributed by atoms with van der Waals surface area (Å²) in [7, 11) is -0.948. The van der Waals surface area contributed by atoms with Crippen molar-refractivity contribution in [3.63, 3.8) is 0 Å². The normalized spacial score (nSPS) is 12.3. The van der Waals surface area contributed by atoms with Crippen LogP contribution in [-0.4, -0.2) is 25.9 Å². The third-order valence-corrected chi connectivity index (χ3v) is 5.79. The van der Waals surface area contributed by atoms with Crippen LogP contribution in [0.2, 0.25) is 0 Å². The molecule has 0 saturated heterocycles. The Hall–Kier alpha value is -0.285. The number of rotatable bonds is 4. The van der Waals surface area contributed by atoms with E-state index in [0.717, 1.165) is 0 Å². The Morgan fingerprint density at radius 2 is 1.18 bits per heavy atom. The van der Waals surface area contributed by atoms with Gasteiger partial charge < -0.3 is 0 Å². The molecule has 0 fully saturated rings. The second-order valence-corrected chi connectivity index (χ2v) is 8.97. The Morgan fingerprint density at radius 1 is 0.909 bits per heavy atom. The highest BCUT2D eigenvalue weighted by Crippen LogP contribution is 2.57. The van der Waals surface area contributed by atoms with Gasteiger partial charge in [0.25, 0.3) is 0 Å². The van der Waals surface area contributed by atoms with E-state index in [9.17, 15) is 0 Å². The lowest BCUT2D eigenvalue weighted by atomic mass is 9.48. The van der Waals surface area contributed by atoms with Crippen molar-refractivity contribution in [1.82, 2.24) is 0 Å². The molecule has 0 amide bonds. The molecule has 11 heavy (non-hydrogen) atoms. The van der Waals surface area contributed by atoms with E-state index in [1.54, 1.807) is 0 Å². The number of hydrogen-bond acceptors (Lipinski definition) is 0. The topological polar surface area (TPSA) is 0 Å². The SMILES string of the molecule is C=C[B-](C=C)(C=C)[P+](C)(C)C. The molecule has 0 nitrogen and oxygen atoms in total. The van der Waals surface area contributed by atoms with E-state index in [4.69, 9.17) is 0 Å². The highest BCUT2D eigenvalue weighted by atomic mass is 31.2. The predicted molar refractivity (Wildman–Crippen MR) is 61.0 cm³/mol. The maximum atomic E-state index is 3.85. The van der Waals surface area contributed by atoms with Crippen molar-refractivity contribution in [3.05, 3.63) is 37.7 Å². The summed E-state index contributed by atoms with van der Waals surface area (Å²) in [6, 6.07) is 0. The minimum absolute atomic E-state index is 0.701. The molecule has 0 bridgehead atoms. The van der Waals surface area contributed by atoms with E-state index in [2.05, 4.69) is 39.7 Å². The molecule has 0 saturated carbocycles. The van der Waals surface area contributed by atoms with Gasteiger partial charge in [-0.25, -0.2) is 17.9 Å². The summed E-state index contributed by atoms with van der Waals surface area (Å²) >= 11 is 0. The van der Waals surface area contributed by atoms with Crippen LogP contribution in [0.25, 0.3) is 0 Å². The van der Waals surface area contributed by atoms with Gasteiger partial charge in [-0.2, -0.15) is 0 Å². The Balaban J connectivity index is 4.99. The summed E-state index contributed by atoms with van der Waals surface area (Å²) in [5.74, 6) is 5.32. The second kappa shape index (κ2) is 3.41. The fraction of sp³-hybridized carbons (Fsp3) is 0.333. The summed E-state index contributed by atoms with van der Waals surface area (Å²) in [6.07, 6.45) is 0. The molecule has 0 rings (SSSR count). The molecule has 0 unspecified atom stereocenters. The Morgan fingerprint density at radius 3 is 1.18 bits per heavy atom. The van der Waals surface area contributed by atoms with Gasteiger partial charge in [-0.3, -0.25) is 0 Å². The third kappa shape index (κ3) is 1.84. The highest BCUT2D eigenvalue weighted by molar-refractivity contribution is 8.09. The van der Waals surface area contributed by atoms with Crippen LogP contribution in [-0.2, 0) is 0 Å². The average molecular weight is 168 g/mol. The van der Waals surface area contributed by atoms with Gasteiger partial charge in [0.15, 0.2) is 0 Å². The molecule has 0 aromatic carbocycles. The highest BCUT2D eigenvalue weighted by Gasteiger charge is 2.34. The standard InChI is InChI=1S/C9H18BP/c1-7-10(8-2,9-3)11(4,5)6/h7-9H,1-3H2,4-6H3. The molecule has 2 heteroatoms. The van der Waals surface area contributed by atoms with Crippen molar-refractivity contribution in [1.29, 1.82) is 0 Å². The summed E-state index contributed by atoms with van der Waals surface area (Å²) in [5, 5.41) is 0. The Bertz CT molecular complexity index is 155. The van der Waals surface area contributed by atoms with Crippen LogP contribution < -0.4 is 0 Å². The maximum Gasteiger partial charge on any atom is 0.223 e. The molecule has 0 aliphatic heterocycles. The number of hydrogen-bond donors (Lipinski definition) is 0. The first-order valence-corrected chi connectivity index (χ1v) is 7.02. The molecular formula is C9H18BP. The lowest BCUT2D eigenvalue weighted by molar-refractivity contribution is 2.01. The van der Waals surface area contributed by atoms with Crippen LogP contribution in [0, 0.1) is 0 Å². The first-order chi connectivity index (χ1) is 4.93. The molecule has 0 aliphatic carbocycles. The first-order valence-electron chi connectivity index (χ1n) is 3.82. The monoisotopic (exact) mass is 168 g/mol. The lowest BCUT2D eigenvalue weighted by Crippen LogP contribution is -2.29. The van der Waals surface area contributed by atoms with Crippen LogP contribution in [0.1, 0.15) is 0 Å². The maximum absolute atomic E-state index is 3.85. The predicted octanol–water partition coefficient (Wildman–Crippen LogP) is 3.01. The molecular weight excluding hydrogens is 150 g/mol. The van der Waals surface area contributed by atoms with Crippen molar-refractivity contribution in [2.24, 2.45) is 0 Å². The van der Waals surface area contributed by atoms with Gasteiger partial charge >= 0.3 is 0 Å². The van der Waals surface area contributed by atoms with Gasteiger partial charge in [-0.15, -0.1) is 26.9 Å². The summed E-state index contributed by atoms with van der Waals surface area (Å²) in [4.78, 5) is 0. The van der Waals surface area contributed by atoms with Crippen molar-refractivity contribution < 1.29 is 0 Å². The van der Waals surface area contributed by atoms with Crippen molar-refractivity contribution >= 4 is 13.0 Å². The van der Waals surface area contributed by atoms with Gasteiger partial charge in [0, 0.05) is 20.0 Å². The molecule has 0 aromatic rings. The van der Waals surface area contributed by atoms with E-state index < -0.39 is 13.0 Å². The Kier molecular flexibility index (Phi) is 3.32. The van der Waals surface area contributed by atoms with Gasteiger partial charge in [-0.1, -0.05) is 0 Å². The van der Waals surface area contributed by atoms with Gasteiger partial charge in [0.1, 0.15) is 0 Å². The third-order valence-electron chi connectivity index (χ3n) is 2.47. The zero-order valence-corrected chi connectivity index (χ0v) is 8.77. The quantitative estimate of drug-likeness (QED) is 0.447.